The number of amides is 1. The highest BCUT2D eigenvalue weighted by Crippen LogP contribution is 2.27. The third kappa shape index (κ3) is 5.81. The molecule has 1 aromatic carbocycles. The first kappa shape index (κ1) is 24.5. The summed E-state index contributed by atoms with van der Waals surface area (Å²) in [4.78, 5) is 17.8. The lowest BCUT2D eigenvalue weighted by Gasteiger charge is -2.38. The molecule has 1 unspecified atom stereocenters. The number of hydrogen-bond donors (Lipinski definition) is 0. The van der Waals surface area contributed by atoms with E-state index in [0.717, 1.165) is 38.4 Å². The van der Waals surface area contributed by atoms with E-state index >= 15 is 0 Å². The molecule has 0 bridgehead atoms. The van der Waals surface area contributed by atoms with Gasteiger partial charge in [-0.1, -0.05) is 18.5 Å². The van der Waals surface area contributed by atoms with Gasteiger partial charge in [0.1, 0.15) is 0 Å². The summed E-state index contributed by atoms with van der Waals surface area (Å²) >= 11 is 6.34. The van der Waals surface area contributed by atoms with E-state index in [1.165, 1.54) is 35.3 Å². The molecule has 1 amide bonds. The quantitative estimate of drug-likeness (QED) is 0.632. The van der Waals surface area contributed by atoms with Crippen LogP contribution in [0.2, 0.25) is 5.02 Å². The number of benzene rings is 1. The highest BCUT2D eigenvalue weighted by molar-refractivity contribution is 7.89. The minimum absolute atomic E-state index is 0.104. The molecule has 2 aliphatic rings. The van der Waals surface area contributed by atoms with Gasteiger partial charge in [0.25, 0.3) is 5.91 Å². The molecule has 1 atom stereocenters. The Morgan fingerprint density at radius 1 is 1.19 bits per heavy atom. The van der Waals surface area contributed by atoms with Gasteiger partial charge in [0.05, 0.1) is 15.5 Å². The van der Waals surface area contributed by atoms with E-state index in [2.05, 4.69) is 11.8 Å². The lowest BCUT2D eigenvalue weighted by Crippen LogP contribution is -2.45. The molecule has 2 aliphatic heterocycles. The van der Waals surface area contributed by atoms with Crippen LogP contribution in [-0.4, -0.2) is 74.2 Å². The fraction of sp³-hybridized carbons (Fsp3) is 0.696. The molecule has 1 aromatic rings. The standard InChI is InChI=1S/C23H36ClN3O3S/c1-17(2)25(4)31(29,30)20-7-8-22(24)21(14-20)23(28)27-11-5-6-19(16-27)15-26-12-9-18(3)10-13-26/h7-8,14,17-19H,5-6,9-13,15-16H2,1-4H3. The van der Waals surface area contributed by atoms with Gasteiger partial charge in [0.15, 0.2) is 0 Å². The number of nitrogens with zero attached hydrogens (tertiary/aromatic N) is 3. The maximum absolute atomic E-state index is 13.3. The van der Waals surface area contributed by atoms with Crippen LogP contribution in [-0.2, 0) is 10.0 Å². The fourth-order valence-electron chi connectivity index (χ4n) is 4.45. The summed E-state index contributed by atoms with van der Waals surface area (Å²) in [5.41, 5.74) is 0.271. The van der Waals surface area contributed by atoms with Crippen LogP contribution in [0.4, 0.5) is 0 Å². The predicted octanol–water partition coefficient (Wildman–Crippen LogP) is 3.95. The van der Waals surface area contributed by atoms with Gasteiger partial charge in [-0.3, -0.25) is 4.79 Å². The molecule has 31 heavy (non-hydrogen) atoms. The van der Waals surface area contributed by atoms with Crippen LogP contribution in [0.15, 0.2) is 23.1 Å². The molecule has 2 heterocycles. The maximum Gasteiger partial charge on any atom is 0.255 e. The van der Waals surface area contributed by atoms with E-state index < -0.39 is 10.0 Å². The Balaban J connectivity index is 1.73. The second kappa shape index (κ2) is 10.2. The predicted molar refractivity (Wildman–Crippen MR) is 125 cm³/mol. The normalized spacial score (nSPS) is 21.8. The molecule has 0 saturated carbocycles. The third-order valence-electron chi connectivity index (χ3n) is 6.77. The van der Waals surface area contributed by atoms with Crippen LogP contribution in [0.1, 0.15) is 56.8 Å². The zero-order valence-corrected chi connectivity index (χ0v) is 20.8. The monoisotopic (exact) mass is 469 g/mol. The topological polar surface area (TPSA) is 60.9 Å². The molecular weight excluding hydrogens is 434 g/mol. The zero-order valence-electron chi connectivity index (χ0n) is 19.2. The highest BCUT2D eigenvalue weighted by atomic mass is 35.5. The van der Waals surface area contributed by atoms with Crippen molar-refractivity contribution < 1.29 is 13.2 Å². The van der Waals surface area contributed by atoms with E-state index in [-0.39, 0.29) is 22.4 Å². The number of likely N-dealkylation sites (tertiary alicyclic amines) is 2. The largest absolute Gasteiger partial charge is 0.338 e. The summed E-state index contributed by atoms with van der Waals surface area (Å²) in [5, 5.41) is 0.295. The summed E-state index contributed by atoms with van der Waals surface area (Å²) in [6.45, 7) is 10.6. The minimum atomic E-state index is -3.68. The Morgan fingerprint density at radius 3 is 2.52 bits per heavy atom. The average Bonchev–Trinajstić information content (AvgIpc) is 2.74. The van der Waals surface area contributed by atoms with E-state index in [4.69, 9.17) is 11.6 Å². The van der Waals surface area contributed by atoms with Crippen molar-refractivity contribution in [1.29, 1.82) is 0 Å². The lowest BCUT2D eigenvalue weighted by molar-refractivity contribution is 0.0622. The van der Waals surface area contributed by atoms with Crippen LogP contribution in [0.3, 0.4) is 0 Å². The smallest absolute Gasteiger partial charge is 0.255 e. The van der Waals surface area contributed by atoms with Gasteiger partial charge in [-0.25, -0.2) is 8.42 Å². The summed E-state index contributed by atoms with van der Waals surface area (Å²) in [6, 6.07) is 4.25. The van der Waals surface area contributed by atoms with E-state index in [1.54, 1.807) is 7.05 Å². The van der Waals surface area contributed by atoms with Crippen molar-refractivity contribution in [3.63, 3.8) is 0 Å². The summed E-state index contributed by atoms with van der Waals surface area (Å²) < 4.78 is 27.1. The molecule has 174 valence electrons. The van der Waals surface area contributed by atoms with Crippen molar-refractivity contribution in [3.05, 3.63) is 28.8 Å². The van der Waals surface area contributed by atoms with E-state index in [9.17, 15) is 13.2 Å². The van der Waals surface area contributed by atoms with Gasteiger partial charge in [-0.15, -0.1) is 0 Å². The number of carbonyl (C=O) groups is 1. The van der Waals surface area contributed by atoms with Crippen molar-refractivity contribution in [1.82, 2.24) is 14.1 Å². The van der Waals surface area contributed by atoms with Gasteiger partial charge in [-0.2, -0.15) is 4.31 Å². The molecule has 0 N–H and O–H groups in total. The molecule has 0 aliphatic carbocycles. The van der Waals surface area contributed by atoms with Gasteiger partial charge < -0.3 is 9.80 Å². The van der Waals surface area contributed by atoms with Crippen molar-refractivity contribution >= 4 is 27.5 Å². The first-order chi connectivity index (χ1) is 14.6. The molecule has 3 rings (SSSR count). The Morgan fingerprint density at radius 2 is 1.87 bits per heavy atom. The van der Waals surface area contributed by atoms with Crippen LogP contribution in [0.25, 0.3) is 0 Å². The van der Waals surface area contributed by atoms with Crippen LogP contribution < -0.4 is 0 Å². The number of halogens is 1. The molecule has 0 aromatic heterocycles. The molecule has 0 radical (unpaired) electrons. The zero-order chi connectivity index (χ0) is 22.8. The number of hydrogen-bond acceptors (Lipinski definition) is 4. The van der Waals surface area contributed by atoms with Crippen LogP contribution >= 0.6 is 11.6 Å². The molecular formula is C23H36ClN3O3S. The second-order valence-corrected chi connectivity index (χ2v) is 11.9. The Labute approximate surface area is 192 Å². The van der Waals surface area contributed by atoms with Gasteiger partial charge in [0, 0.05) is 32.7 Å². The van der Waals surface area contributed by atoms with Gasteiger partial charge in [-0.05, 0) is 82.7 Å². The van der Waals surface area contributed by atoms with Crippen molar-refractivity contribution in [2.75, 3.05) is 39.8 Å². The Kier molecular flexibility index (Phi) is 8.05. The molecule has 8 heteroatoms. The highest BCUT2D eigenvalue weighted by Gasteiger charge is 2.30. The van der Waals surface area contributed by atoms with E-state index in [0.29, 0.717) is 24.0 Å². The molecule has 2 fully saturated rings. The van der Waals surface area contributed by atoms with Crippen molar-refractivity contribution in [2.45, 2.75) is 57.4 Å². The number of rotatable bonds is 6. The Hall–Kier alpha value is -1.15. The third-order valence-corrected chi connectivity index (χ3v) is 9.13. The number of carbonyl (C=O) groups excluding carboxylic acids is 1. The SMILES string of the molecule is CC1CCN(CC2CCCN(C(=O)c3cc(S(=O)(=O)N(C)C(C)C)ccc3Cl)C2)CC1. The van der Waals surface area contributed by atoms with Crippen LogP contribution in [0.5, 0.6) is 0 Å². The number of piperidine rings is 2. The molecule has 6 nitrogen and oxygen atoms in total. The summed E-state index contributed by atoms with van der Waals surface area (Å²) in [7, 11) is -2.13. The molecule has 2 saturated heterocycles. The van der Waals surface area contributed by atoms with Crippen molar-refractivity contribution in [2.24, 2.45) is 11.8 Å². The number of sulfonamides is 1. The summed E-state index contributed by atoms with van der Waals surface area (Å²) in [5.74, 6) is 1.08. The molecule has 0 spiro atoms. The maximum atomic E-state index is 13.3. The minimum Gasteiger partial charge on any atom is -0.338 e. The first-order valence-corrected chi connectivity index (χ1v) is 13.2. The second-order valence-electron chi connectivity index (χ2n) is 9.50. The van der Waals surface area contributed by atoms with Gasteiger partial charge in [0.2, 0.25) is 10.0 Å². The lowest BCUT2D eigenvalue weighted by atomic mass is 9.94. The van der Waals surface area contributed by atoms with Crippen LogP contribution in [0, 0.1) is 11.8 Å². The first-order valence-electron chi connectivity index (χ1n) is 11.4. The Bertz CT molecular complexity index is 882. The fourth-order valence-corrected chi connectivity index (χ4v) is 6.04. The summed E-state index contributed by atoms with van der Waals surface area (Å²) in [6.07, 6.45) is 4.58. The van der Waals surface area contributed by atoms with E-state index in [1.807, 2.05) is 18.7 Å². The van der Waals surface area contributed by atoms with Gasteiger partial charge >= 0.3 is 0 Å². The average molecular weight is 470 g/mol. The van der Waals surface area contributed by atoms with Crippen molar-refractivity contribution in [3.8, 4) is 0 Å².